The molecule has 1 aliphatic rings. The first-order valence-corrected chi connectivity index (χ1v) is 8.53. The number of carbonyl (C=O) groups excluding carboxylic acids is 2. The molecule has 0 fully saturated rings. The molecule has 0 bridgehead atoms. The van der Waals surface area contributed by atoms with Crippen LogP contribution >= 0.6 is 0 Å². The third kappa shape index (κ3) is 2.28. The van der Waals surface area contributed by atoms with Gasteiger partial charge in [-0.1, -0.05) is 18.2 Å². The number of anilines is 1. The van der Waals surface area contributed by atoms with Crippen molar-refractivity contribution in [2.75, 3.05) is 19.1 Å². The predicted molar refractivity (Wildman–Crippen MR) is 101 cm³/mol. The molecular formula is C21H17N3O3. The van der Waals surface area contributed by atoms with Crippen molar-refractivity contribution in [1.82, 2.24) is 4.98 Å². The minimum Gasteiger partial charge on any atom is -0.469 e. The summed E-state index contributed by atoms with van der Waals surface area (Å²) in [5.41, 5.74) is 1.28. The fraction of sp³-hybridized carbons (Fsp3) is 0.238. The smallest absolute Gasteiger partial charge is 0.306 e. The van der Waals surface area contributed by atoms with E-state index in [4.69, 9.17) is 9.72 Å². The highest BCUT2D eigenvalue weighted by molar-refractivity contribution is 6.20. The minimum atomic E-state index is -1.15. The van der Waals surface area contributed by atoms with Crippen molar-refractivity contribution in [3.8, 4) is 6.07 Å². The lowest BCUT2D eigenvalue weighted by Gasteiger charge is -2.38. The Morgan fingerprint density at radius 1 is 1.30 bits per heavy atom. The summed E-state index contributed by atoms with van der Waals surface area (Å²) < 4.78 is 4.83. The van der Waals surface area contributed by atoms with Crippen LogP contribution in [-0.4, -0.2) is 31.0 Å². The summed E-state index contributed by atoms with van der Waals surface area (Å²) in [5.74, 6) is -0.685. The Morgan fingerprint density at radius 2 is 2.07 bits per heavy atom. The van der Waals surface area contributed by atoms with Crippen molar-refractivity contribution in [3.63, 3.8) is 0 Å². The Kier molecular flexibility index (Phi) is 3.63. The second kappa shape index (κ2) is 5.78. The lowest BCUT2D eigenvalue weighted by Crippen LogP contribution is -2.48. The standard InChI is InChI=1S/C21H17N3O3/c1-21(10-17(25)27-3)19-18-14(5-4-6-16(18)24(2)20(21)26)13-8-7-12(11-22)9-15(13)23-19/h4-9H,10H2,1-3H3/t21-/m1/s1. The van der Waals surface area contributed by atoms with E-state index in [0.717, 1.165) is 21.8 Å². The number of hydrogen-bond donors (Lipinski definition) is 0. The van der Waals surface area contributed by atoms with E-state index in [1.54, 1.807) is 31.0 Å². The molecule has 2 aromatic carbocycles. The van der Waals surface area contributed by atoms with Crippen LogP contribution in [0.5, 0.6) is 0 Å². The van der Waals surface area contributed by atoms with Gasteiger partial charge in [-0.25, -0.2) is 0 Å². The van der Waals surface area contributed by atoms with Crippen LogP contribution in [0, 0.1) is 11.3 Å². The molecule has 0 unspecified atom stereocenters. The maximum absolute atomic E-state index is 13.2. The fourth-order valence-electron chi connectivity index (χ4n) is 3.89. The molecule has 134 valence electrons. The molecule has 0 spiro atoms. The van der Waals surface area contributed by atoms with Gasteiger partial charge in [0, 0.05) is 17.8 Å². The topological polar surface area (TPSA) is 83.3 Å². The molecule has 0 radical (unpaired) electrons. The zero-order chi connectivity index (χ0) is 19.3. The molecule has 1 aliphatic heterocycles. The average Bonchev–Trinajstić information content (AvgIpc) is 2.69. The molecule has 0 N–H and O–H groups in total. The molecule has 6 heteroatoms. The molecule has 0 saturated carbocycles. The molecule has 1 amide bonds. The van der Waals surface area contributed by atoms with Gasteiger partial charge in [-0.3, -0.25) is 14.6 Å². The molecule has 4 rings (SSSR count). The molecule has 1 atom stereocenters. The normalized spacial score (nSPS) is 18.6. The second-order valence-electron chi connectivity index (χ2n) is 6.95. The van der Waals surface area contributed by atoms with Crippen LogP contribution in [0.2, 0.25) is 0 Å². The molecule has 0 aliphatic carbocycles. The van der Waals surface area contributed by atoms with Gasteiger partial charge in [0.05, 0.1) is 42.1 Å². The van der Waals surface area contributed by atoms with Gasteiger partial charge in [0.15, 0.2) is 0 Å². The van der Waals surface area contributed by atoms with Crippen molar-refractivity contribution < 1.29 is 14.3 Å². The summed E-state index contributed by atoms with van der Waals surface area (Å²) in [4.78, 5) is 31.6. The lowest BCUT2D eigenvalue weighted by molar-refractivity contribution is -0.144. The number of amides is 1. The van der Waals surface area contributed by atoms with Crippen molar-refractivity contribution in [2.24, 2.45) is 0 Å². The highest BCUT2D eigenvalue weighted by atomic mass is 16.5. The van der Waals surface area contributed by atoms with Crippen LogP contribution in [0.15, 0.2) is 36.4 Å². The molecule has 27 heavy (non-hydrogen) atoms. The Morgan fingerprint density at radius 3 is 2.78 bits per heavy atom. The number of likely N-dealkylation sites (N-methyl/N-ethyl adjacent to an activating group) is 1. The van der Waals surface area contributed by atoms with E-state index < -0.39 is 11.4 Å². The van der Waals surface area contributed by atoms with E-state index in [1.807, 2.05) is 24.3 Å². The first-order valence-electron chi connectivity index (χ1n) is 8.53. The van der Waals surface area contributed by atoms with Crippen molar-refractivity contribution >= 4 is 39.2 Å². The van der Waals surface area contributed by atoms with Crippen molar-refractivity contribution in [2.45, 2.75) is 18.8 Å². The summed E-state index contributed by atoms with van der Waals surface area (Å²) in [6.07, 6.45) is -0.105. The SMILES string of the molecule is COC(=O)C[C@@]1(C)C(=O)N(C)c2cccc3c2c1nc1cc(C#N)ccc13. The largest absolute Gasteiger partial charge is 0.469 e. The molecule has 0 saturated heterocycles. The first-order chi connectivity index (χ1) is 12.9. The number of aromatic nitrogens is 1. The Labute approximate surface area is 156 Å². The molecular weight excluding hydrogens is 342 g/mol. The van der Waals surface area contributed by atoms with Crippen LogP contribution in [0.25, 0.3) is 21.7 Å². The summed E-state index contributed by atoms with van der Waals surface area (Å²) in [6, 6.07) is 13.2. The van der Waals surface area contributed by atoms with Gasteiger partial charge in [0.2, 0.25) is 5.91 Å². The van der Waals surface area contributed by atoms with Crippen LogP contribution in [0.3, 0.4) is 0 Å². The molecule has 1 aromatic heterocycles. The van der Waals surface area contributed by atoms with Gasteiger partial charge in [0.25, 0.3) is 0 Å². The second-order valence-corrected chi connectivity index (χ2v) is 6.95. The zero-order valence-electron chi connectivity index (χ0n) is 15.2. The number of fused-ring (bicyclic) bond motifs is 2. The monoisotopic (exact) mass is 359 g/mol. The Balaban J connectivity index is 2.15. The number of hydrogen-bond acceptors (Lipinski definition) is 5. The number of benzene rings is 2. The molecule has 6 nitrogen and oxygen atoms in total. The summed E-state index contributed by atoms with van der Waals surface area (Å²) >= 11 is 0. The predicted octanol–water partition coefficient (Wildman–Crippen LogP) is 3.06. The van der Waals surface area contributed by atoms with Crippen LogP contribution in [-0.2, 0) is 19.7 Å². The van der Waals surface area contributed by atoms with Gasteiger partial charge in [-0.15, -0.1) is 0 Å². The summed E-state index contributed by atoms with van der Waals surface area (Å²) in [6.45, 7) is 1.72. The lowest BCUT2D eigenvalue weighted by atomic mass is 9.76. The van der Waals surface area contributed by atoms with E-state index in [9.17, 15) is 14.9 Å². The van der Waals surface area contributed by atoms with E-state index in [-0.39, 0.29) is 12.3 Å². The number of methoxy groups -OCH3 is 1. The van der Waals surface area contributed by atoms with Crippen LogP contribution in [0.4, 0.5) is 5.69 Å². The molecule has 2 heterocycles. The average molecular weight is 359 g/mol. The van der Waals surface area contributed by atoms with Gasteiger partial charge < -0.3 is 9.64 Å². The van der Waals surface area contributed by atoms with Gasteiger partial charge in [-0.05, 0) is 30.5 Å². The zero-order valence-corrected chi connectivity index (χ0v) is 15.2. The maximum atomic E-state index is 13.2. The maximum Gasteiger partial charge on any atom is 0.306 e. The number of ether oxygens (including phenoxy) is 1. The van der Waals surface area contributed by atoms with Crippen LogP contribution in [0.1, 0.15) is 24.6 Å². The Hall–Kier alpha value is -3.46. The number of nitriles is 1. The number of carbonyl (C=O) groups is 2. The number of pyridine rings is 1. The summed E-state index contributed by atoms with van der Waals surface area (Å²) in [7, 11) is 3.01. The van der Waals surface area contributed by atoms with Crippen molar-refractivity contribution in [1.29, 1.82) is 5.26 Å². The summed E-state index contributed by atoms with van der Waals surface area (Å²) in [5, 5.41) is 11.9. The minimum absolute atomic E-state index is 0.105. The van der Waals surface area contributed by atoms with E-state index >= 15 is 0 Å². The third-order valence-corrected chi connectivity index (χ3v) is 5.31. The van der Waals surface area contributed by atoms with E-state index in [1.165, 1.54) is 7.11 Å². The van der Waals surface area contributed by atoms with Gasteiger partial charge in [-0.2, -0.15) is 5.26 Å². The quantitative estimate of drug-likeness (QED) is 0.519. The van der Waals surface area contributed by atoms with Gasteiger partial charge >= 0.3 is 5.97 Å². The van der Waals surface area contributed by atoms with Crippen LogP contribution < -0.4 is 4.90 Å². The van der Waals surface area contributed by atoms with Gasteiger partial charge in [0.1, 0.15) is 5.41 Å². The highest BCUT2D eigenvalue weighted by Crippen LogP contribution is 2.45. The highest BCUT2D eigenvalue weighted by Gasteiger charge is 2.46. The number of rotatable bonds is 2. The van der Waals surface area contributed by atoms with E-state index in [0.29, 0.717) is 16.8 Å². The molecule has 3 aromatic rings. The Bertz CT molecular complexity index is 1180. The third-order valence-electron chi connectivity index (χ3n) is 5.31. The fourth-order valence-corrected chi connectivity index (χ4v) is 3.89. The first kappa shape index (κ1) is 17.0. The van der Waals surface area contributed by atoms with E-state index in [2.05, 4.69) is 6.07 Å². The van der Waals surface area contributed by atoms with Crippen molar-refractivity contribution in [3.05, 3.63) is 47.7 Å². The number of esters is 1. The number of nitrogens with zero attached hydrogens (tertiary/aromatic N) is 3.